The Kier molecular flexibility index (Phi) is 5.36. The normalized spacial score (nSPS) is 19.2. The van der Waals surface area contributed by atoms with E-state index < -0.39 is 11.9 Å². The number of anilines is 1. The van der Waals surface area contributed by atoms with Crippen LogP contribution in [0.2, 0.25) is 0 Å². The number of nitrogens with one attached hydrogen (secondary N) is 3. The Morgan fingerprint density at radius 1 is 1.35 bits per heavy atom. The van der Waals surface area contributed by atoms with Crippen LogP contribution in [0.1, 0.15) is 39.3 Å². The number of H-pyrrole nitrogens is 1. The highest BCUT2D eigenvalue weighted by molar-refractivity contribution is 6.34. The van der Waals surface area contributed by atoms with E-state index in [9.17, 15) is 18.8 Å². The van der Waals surface area contributed by atoms with E-state index in [1.807, 2.05) is 0 Å². The molecule has 0 spiro atoms. The summed E-state index contributed by atoms with van der Waals surface area (Å²) in [7, 11) is 0. The average molecular weight is 426 g/mol. The van der Waals surface area contributed by atoms with Crippen LogP contribution in [0.25, 0.3) is 11.6 Å². The highest BCUT2D eigenvalue weighted by Gasteiger charge is 2.33. The number of carbonyl (C=O) groups is 3. The Labute approximate surface area is 178 Å². The highest BCUT2D eigenvalue weighted by Crippen LogP contribution is 2.34. The summed E-state index contributed by atoms with van der Waals surface area (Å²) in [5.41, 5.74) is 3.47. The molecule has 2 aliphatic rings. The van der Waals surface area contributed by atoms with Crippen molar-refractivity contribution in [2.45, 2.75) is 26.3 Å². The molecule has 3 heterocycles. The van der Waals surface area contributed by atoms with Crippen molar-refractivity contribution in [3.05, 3.63) is 52.1 Å². The Morgan fingerprint density at radius 2 is 2.13 bits per heavy atom. The Balaban J connectivity index is 1.60. The van der Waals surface area contributed by atoms with E-state index in [0.29, 0.717) is 52.3 Å². The standard InChI is InChI=1S/C22H23FN4O4/c1-11-18(10-15-14-9-13(23)3-4-16(14)25-20(15)29)24-12(2)19(11)21(30)26-17-5-6-27(7-8-28)22(17)31/h3-4,9-10,17,24,28H,5-8H2,1-2H3,(H,25,29)(H,26,30)/b15-10-/t17-/m0/s1. The molecule has 1 aromatic heterocycles. The maximum atomic E-state index is 13.7. The first-order valence-corrected chi connectivity index (χ1v) is 10.0. The lowest BCUT2D eigenvalue weighted by atomic mass is 10.0. The van der Waals surface area contributed by atoms with Crippen LogP contribution in [-0.2, 0) is 9.59 Å². The molecule has 2 aliphatic heterocycles. The maximum Gasteiger partial charge on any atom is 0.256 e. The quantitative estimate of drug-likeness (QED) is 0.544. The lowest BCUT2D eigenvalue weighted by Crippen LogP contribution is -2.42. The number of hydrogen-bond acceptors (Lipinski definition) is 4. The Morgan fingerprint density at radius 3 is 2.87 bits per heavy atom. The van der Waals surface area contributed by atoms with E-state index in [4.69, 9.17) is 5.11 Å². The summed E-state index contributed by atoms with van der Waals surface area (Å²) < 4.78 is 13.7. The molecule has 1 aromatic carbocycles. The molecule has 9 heteroatoms. The zero-order chi connectivity index (χ0) is 22.3. The van der Waals surface area contributed by atoms with Crippen molar-refractivity contribution in [1.29, 1.82) is 0 Å². The Hall–Kier alpha value is -3.46. The van der Waals surface area contributed by atoms with Gasteiger partial charge in [0.25, 0.3) is 11.8 Å². The predicted molar refractivity (Wildman–Crippen MR) is 113 cm³/mol. The van der Waals surface area contributed by atoms with Crippen LogP contribution in [-0.4, -0.2) is 58.5 Å². The van der Waals surface area contributed by atoms with Crippen molar-refractivity contribution in [2.75, 3.05) is 25.0 Å². The van der Waals surface area contributed by atoms with Gasteiger partial charge in [0.05, 0.1) is 17.7 Å². The van der Waals surface area contributed by atoms with Gasteiger partial charge in [-0.15, -0.1) is 0 Å². The molecule has 162 valence electrons. The van der Waals surface area contributed by atoms with Gasteiger partial charge in [0, 0.05) is 35.7 Å². The van der Waals surface area contributed by atoms with E-state index in [-0.39, 0.29) is 30.9 Å². The third-order valence-corrected chi connectivity index (χ3v) is 5.73. The zero-order valence-corrected chi connectivity index (χ0v) is 17.2. The summed E-state index contributed by atoms with van der Waals surface area (Å²) in [5, 5.41) is 14.5. The third kappa shape index (κ3) is 3.72. The number of β-amino-alcohol motifs (C(OH)–C–C–N with tert-alkyl or cyclic N) is 1. The molecular weight excluding hydrogens is 403 g/mol. The molecule has 31 heavy (non-hydrogen) atoms. The number of carbonyl (C=O) groups excluding carboxylic acids is 3. The number of amides is 3. The minimum atomic E-state index is -0.634. The second kappa shape index (κ2) is 7.99. The number of benzene rings is 1. The van der Waals surface area contributed by atoms with E-state index in [0.717, 1.165) is 0 Å². The number of fused-ring (bicyclic) bond motifs is 1. The van der Waals surface area contributed by atoms with Crippen molar-refractivity contribution < 1.29 is 23.9 Å². The van der Waals surface area contributed by atoms with Crippen LogP contribution in [0.3, 0.4) is 0 Å². The summed E-state index contributed by atoms with van der Waals surface area (Å²) in [6.45, 7) is 4.09. The molecule has 3 amide bonds. The van der Waals surface area contributed by atoms with Gasteiger partial charge in [-0.1, -0.05) is 0 Å². The Bertz CT molecular complexity index is 1120. The molecule has 4 rings (SSSR count). The van der Waals surface area contributed by atoms with Crippen LogP contribution in [0.4, 0.5) is 10.1 Å². The number of hydrogen-bond donors (Lipinski definition) is 4. The predicted octanol–water partition coefficient (Wildman–Crippen LogP) is 1.59. The van der Waals surface area contributed by atoms with Gasteiger partial charge in [-0.25, -0.2) is 4.39 Å². The molecule has 0 aliphatic carbocycles. The molecule has 0 bridgehead atoms. The number of aliphatic hydroxyl groups excluding tert-OH is 1. The topological polar surface area (TPSA) is 115 Å². The smallest absolute Gasteiger partial charge is 0.256 e. The summed E-state index contributed by atoms with van der Waals surface area (Å²) in [4.78, 5) is 42.3. The fourth-order valence-corrected chi connectivity index (χ4v) is 4.15. The minimum absolute atomic E-state index is 0.124. The van der Waals surface area contributed by atoms with Crippen LogP contribution >= 0.6 is 0 Å². The molecule has 0 saturated carbocycles. The molecule has 1 atom stereocenters. The molecule has 4 N–H and O–H groups in total. The molecule has 2 aromatic rings. The van der Waals surface area contributed by atoms with E-state index in [1.165, 1.54) is 23.1 Å². The van der Waals surface area contributed by atoms with Gasteiger partial charge < -0.3 is 25.6 Å². The molecular formula is C22H23FN4O4. The first-order valence-electron chi connectivity index (χ1n) is 10.0. The van der Waals surface area contributed by atoms with Crippen molar-refractivity contribution in [3.8, 4) is 0 Å². The lowest BCUT2D eigenvalue weighted by Gasteiger charge is -2.15. The maximum absolute atomic E-state index is 13.7. The highest BCUT2D eigenvalue weighted by atomic mass is 19.1. The average Bonchev–Trinajstić information content (AvgIpc) is 3.31. The summed E-state index contributed by atoms with van der Waals surface area (Å²) >= 11 is 0. The minimum Gasteiger partial charge on any atom is -0.395 e. The lowest BCUT2D eigenvalue weighted by molar-refractivity contribution is -0.129. The summed E-state index contributed by atoms with van der Waals surface area (Å²) in [6, 6.07) is 3.45. The number of aliphatic hydroxyl groups is 1. The number of nitrogens with zero attached hydrogens (tertiary/aromatic N) is 1. The number of aryl methyl sites for hydroxylation is 1. The molecule has 0 radical (unpaired) electrons. The monoisotopic (exact) mass is 426 g/mol. The number of aromatic amines is 1. The van der Waals surface area contributed by atoms with Crippen molar-refractivity contribution in [2.24, 2.45) is 0 Å². The molecule has 1 saturated heterocycles. The van der Waals surface area contributed by atoms with Gasteiger partial charge in [-0.3, -0.25) is 14.4 Å². The third-order valence-electron chi connectivity index (χ3n) is 5.73. The fourth-order valence-electron chi connectivity index (χ4n) is 4.15. The van der Waals surface area contributed by atoms with Crippen molar-refractivity contribution >= 4 is 35.1 Å². The van der Waals surface area contributed by atoms with E-state index in [2.05, 4.69) is 15.6 Å². The largest absolute Gasteiger partial charge is 0.395 e. The number of halogens is 1. The number of likely N-dealkylation sites (tertiary alicyclic amines) is 1. The van der Waals surface area contributed by atoms with Gasteiger partial charge in [0.15, 0.2) is 0 Å². The van der Waals surface area contributed by atoms with Gasteiger partial charge in [0.2, 0.25) is 5.91 Å². The van der Waals surface area contributed by atoms with Crippen LogP contribution in [0, 0.1) is 19.7 Å². The van der Waals surface area contributed by atoms with Gasteiger partial charge in [-0.2, -0.15) is 0 Å². The number of rotatable bonds is 5. The first kappa shape index (κ1) is 20.8. The first-order chi connectivity index (χ1) is 14.8. The van der Waals surface area contributed by atoms with Crippen LogP contribution < -0.4 is 10.6 Å². The second-order valence-electron chi connectivity index (χ2n) is 7.73. The second-order valence-corrected chi connectivity index (χ2v) is 7.73. The molecule has 1 fully saturated rings. The van der Waals surface area contributed by atoms with Gasteiger partial charge in [-0.05, 0) is 50.1 Å². The van der Waals surface area contributed by atoms with E-state index >= 15 is 0 Å². The zero-order valence-electron chi connectivity index (χ0n) is 17.2. The fraction of sp³-hybridized carbons (Fsp3) is 0.318. The summed E-state index contributed by atoms with van der Waals surface area (Å²) in [6.07, 6.45) is 2.08. The molecule has 0 unspecified atom stereocenters. The number of aromatic nitrogens is 1. The van der Waals surface area contributed by atoms with Crippen LogP contribution in [0.15, 0.2) is 18.2 Å². The van der Waals surface area contributed by atoms with Gasteiger partial charge >= 0.3 is 0 Å². The van der Waals surface area contributed by atoms with Crippen molar-refractivity contribution in [1.82, 2.24) is 15.2 Å². The van der Waals surface area contributed by atoms with Gasteiger partial charge in [0.1, 0.15) is 11.9 Å². The summed E-state index contributed by atoms with van der Waals surface area (Å²) in [5.74, 6) is -1.39. The SMILES string of the molecule is Cc1[nH]c(/C=C2\C(=O)Nc3ccc(F)cc32)c(C)c1C(=O)N[C@H]1CCN(CCO)C1=O. The van der Waals surface area contributed by atoms with E-state index in [1.54, 1.807) is 19.9 Å². The van der Waals surface area contributed by atoms with Crippen molar-refractivity contribution in [3.63, 3.8) is 0 Å². The molecule has 8 nitrogen and oxygen atoms in total. The van der Waals surface area contributed by atoms with Crippen LogP contribution in [0.5, 0.6) is 0 Å².